The topological polar surface area (TPSA) is 42.9 Å². The highest BCUT2D eigenvalue weighted by Crippen LogP contribution is 2.28. The molecule has 1 unspecified atom stereocenters. The summed E-state index contributed by atoms with van der Waals surface area (Å²) in [6.07, 6.45) is 3.15. The third-order valence-electron chi connectivity index (χ3n) is 1.74. The molecule has 0 amide bonds. The molecule has 0 aromatic carbocycles. The van der Waals surface area contributed by atoms with Crippen molar-refractivity contribution in [2.45, 2.75) is 35.4 Å². The van der Waals surface area contributed by atoms with Gasteiger partial charge in [0.05, 0.1) is 10.8 Å². The zero-order valence-electron chi connectivity index (χ0n) is 8.28. The van der Waals surface area contributed by atoms with Gasteiger partial charge in [-0.05, 0) is 6.42 Å². The second-order valence-electron chi connectivity index (χ2n) is 2.96. The Bertz CT molecular complexity index is 330. The highest BCUT2D eigenvalue weighted by atomic mass is 35.5. The lowest BCUT2D eigenvalue weighted by Gasteiger charge is -1.95. The van der Waals surface area contributed by atoms with Gasteiger partial charge in [-0.2, -0.15) is 0 Å². The molecular formula is C8H12Cl2N2OS2. The number of aromatic nitrogens is 2. The number of nitrogens with zero attached hydrogens (tertiary/aromatic N) is 2. The number of hydrogen-bond donors (Lipinski definition) is 0. The number of hydrogen-bond acceptors (Lipinski definition) is 4. The number of rotatable bonds is 6. The maximum Gasteiger partial charge on any atom is 0.204 e. The van der Waals surface area contributed by atoms with Crippen LogP contribution in [0.15, 0.2) is 4.34 Å². The predicted molar refractivity (Wildman–Crippen MR) is 65.2 cm³/mol. The molecule has 1 heterocycles. The van der Waals surface area contributed by atoms with E-state index in [1.54, 1.807) is 0 Å². The van der Waals surface area contributed by atoms with E-state index in [9.17, 15) is 4.21 Å². The van der Waals surface area contributed by atoms with Crippen LogP contribution in [0.1, 0.15) is 36.0 Å². The number of alkyl halides is 2. The van der Waals surface area contributed by atoms with E-state index in [4.69, 9.17) is 23.2 Å². The zero-order chi connectivity index (χ0) is 11.3. The van der Waals surface area contributed by atoms with Crippen molar-refractivity contribution in [3.63, 3.8) is 0 Å². The SMILES string of the molecule is CCCCCS(=O)c1nnc(C(Cl)Cl)s1. The number of unbranched alkanes of at least 4 members (excludes halogenated alkanes) is 2. The molecule has 0 aliphatic rings. The Labute approximate surface area is 106 Å². The summed E-state index contributed by atoms with van der Waals surface area (Å²) in [5, 5.41) is 8.10. The van der Waals surface area contributed by atoms with Gasteiger partial charge in [0, 0.05) is 5.75 Å². The lowest BCUT2D eigenvalue weighted by atomic mass is 10.3. The van der Waals surface area contributed by atoms with E-state index >= 15 is 0 Å². The van der Waals surface area contributed by atoms with Gasteiger partial charge in [0.2, 0.25) is 4.34 Å². The van der Waals surface area contributed by atoms with E-state index in [1.165, 1.54) is 11.3 Å². The Morgan fingerprint density at radius 2 is 2.13 bits per heavy atom. The summed E-state index contributed by atoms with van der Waals surface area (Å²) in [5.74, 6) is 0.637. The van der Waals surface area contributed by atoms with E-state index < -0.39 is 15.6 Å². The maximum atomic E-state index is 11.7. The average Bonchev–Trinajstić information content (AvgIpc) is 2.66. The Morgan fingerprint density at radius 1 is 1.40 bits per heavy atom. The van der Waals surface area contributed by atoms with E-state index in [0.29, 0.717) is 15.1 Å². The van der Waals surface area contributed by atoms with Crippen LogP contribution in [0, 0.1) is 0 Å². The molecule has 0 N–H and O–H groups in total. The first-order valence-electron chi connectivity index (χ1n) is 4.65. The highest BCUT2D eigenvalue weighted by Gasteiger charge is 2.14. The van der Waals surface area contributed by atoms with E-state index in [0.717, 1.165) is 19.3 Å². The molecule has 0 fully saturated rings. The first-order valence-corrected chi connectivity index (χ1v) is 7.66. The molecule has 0 radical (unpaired) electrons. The van der Waals surface area contributed by atoms with Crippen LogP contribution in [0.2, 0.25) is 0 Å². The quantitative estimate of drug-likeness (QED) is 0.595. The lowest BCUT2D eigenvalue weighted by molar-refractivity contribution is 0.674. The first kappa shape index (κ1) is 13.4. The van der Waals surface area contributed by atoms with Crippen LogP contribution in [-0.4, -0.2) is 20.2 Å². The third-order valence-corrected chi connectivity index (χ3v) is 5.13. The van der Waals surface area contributed by atoms with Crippen molar-refractivity contribution >= 4 is 45.3 Å². The summed E-state index contributed by atoms with van der Waals surface area (Å²) in [7, 11) is -1.05. The van der Waals surface area contributed by atoms with Gasteiger partial charge in [-0.3, -0.25) is 4.21 Å². The summed E-state index contributed by atoms with van der Waals surface area (Å²) >= 11 is 12.5. The predicted octanol–water partition coefficient (Wildman–Crippen LogP) is 3.31. The second kappa shape index (κ2) is 6.78. The third kappa shape index (κ3) is 4.34. The van der Waals surface area contributed by atoms with Crippen molar-refractivity contribution in [1.29, 1.82) is 0 Å². The summed E-state index contributed by atoms with van der Waals surface area (Å²) < 4.78 is 12.2. The Morgan fingerprint density at radius 3 is 2.67 bits per heavy atom. The molecule has 1 rings (SSSR count). The van der Waals surface area contributed by atoms with Crippen LogP contribution in [0.4, 0.5) is 0 Å². The molecule has 0 saturated heterocycles. The van der Waals surface area contributed by atoms with Gasteiger partial charge >= 0.3 is 0 Å². The van der Waals surface area contributed by atoms with Crippen molar-refractivity contribution in [2.24, 2.45) is 0 Å². The average molecular weight is 287 g/mol. The molecule has 1 atom stereocenters. The lowest BCUT2D eigenvalue weighted by Crippen LogP contribution is -1.97. The number of halogens is 2. The van der Waals surface area contributed by atoms with Crippen LogP contribution >= 0.6 is 34.5 Å². The van der Waals surface area contributed by atoms with Gasteiger partial charge in [-0.15, -0.1) is 10.2 Å². The van der Waals surface area contributed by atoms with Gasteiger partial charge in [0.25, 0.3) is 0 Å². The fourth-order valence-electron chi connectivity index (χ4n) is 0.971. The summed E-state index contributed by atoms with van der Waals surface area (Å²) in [5.41, 5.74) is 0. The van der Waals surface area contributed by atoms with Crippen molar-refractivity contribution in [1.82, 2.24) is 10.2 Å². The minimum atomic E-state index is -1.05. The first-order chi connectivity index (χ1) is 7.15. The fourth-order valence-corrected chi connectivity index (χ4v) is 3.41. The molecule has 0 aliphatic heterocycles. The Kier molecular flexibility index (Phi) is 6.04. The van der Waals surface area contributed by atoms with Crippen molar-refractivity contribution in [2.75, 3.05) is 5.75 Å². The molecule has 0 saturated carbocycles. The van der Waals surface area contributed by atoms with Gasteiger partial charge in [-0.25, -0.2) is 0 Å². The van der Waals surface area contributed by atoms with Gasteiger partial charge in [-0.1, -0.05) is 54.3 Å². The molecule has 7 heteroatoms. The monoisotopic (exact) mass is 286 g/mol. The Hall–Kier alpha value is 0.290. The molecule has 1 aromatic heterocycles. The van der Waals surface area contributed by atoms with Crippen LogP contribution in [0.25, 0.3) is 0 Å². The zero-order valence-corrected chi connectivity index (χ0v) is 11.4. The van der Waals surface area contributed by atoms with Crippen molar-refractivity contribution in [3.05, 3.63) is 5.01 Å². The van der Waals surface area contributed by atoms with Crippen molar-refractivity contribution in [3.8, 4) is 0 Å². The maximum absolute atomic E-state index is 11.7. The highest BCUT2D eigenvalue weighted by molar-refractivity contribution is 7.87. The van der Waals surface area contributed by atoms with E-state index in [1.807, 2.05) is 0 Å². The smallest absolute Gasteiger partial charge is 0.204 e. The Balaban J connectivity index is 2.51. The molecular weight excluding hydrogens is 275 g/mol. The van der Waals surface area contributed by atoms with Gasteiger partial charge < -0.3 is 0 Å². The summed E-state index contributed by atoms with van der Waals surface area (Å²) in [6, 6.07) is 0. The van der Waals surface area contributed by atoms with Gasteiger partial charge in [0.1, 0.15) is 0 Å². The molecule has 3 nitrogen and oxygen atoms in total. The minimum Gasteiger partial charge on any atom is -0.252 e. The van der Waals surface area contributed by atoms with E-state index in [-0.39, 0.29) is 0 Å². The normalized spacial score (nSPS) is 13.3. The largest absolute Gasteiger partial charge is 0.252 e. The molecule has 0 bridgehead atoms. The van der Waals surface area contributed by atoms with Crippen LogP contribution in [0.3, 0.4) is 0 Å². The summed E-state index contributed by atoms with van der Waals surface area (Å²) in [4.78, 5) is -0.677. The fraction of sp³-hybridized carbons (Fsp3) is 0.750. The molecule has 0 spiro atoms. The van der Waals surface area contributed by atoms with E-state index in [2.05, 4.69) is 17.1 Å². The van der Waals surface area contributed by atoms with Crippen LogP contribution in [0.5, 0.6) is 0 Å². The van der Waals surface area contributed by atoms with Crippen molar-refractivity contribution < 1.29 is 4.21 Å². The molecule has 1 aromatic rings. The van der Waals surface area contributed by atoms with Crippen LogP contribution < -0.4 is 0 Å². The molecule has 86 valence electrons. The molecule has 15 heavy (non-hydrogen) atoms. The van der Waals surface area contributed by atoms with Gasteiger partial charge in [0.15, 0.2) is 9.84 Å². The minimum absolute atomic E-state index is 0.511. The standard InChI is InChI=1S/C8H12Cl2N2OS2/c1-2-3-4-5-15(13)8-12-11-7(14-8)6(9)10/h6H,2-5H2,1H3. The second-order valence-corrected chi connectivity index (χ2v) is 6.81. The molecule has 0 aliphatic carbocycles. The summed E-state index contributed by atoms with van der Waals surface area (Å²) in [6.45, 7) is 2.11. The van der Waals surface area contributed by atoms with Crippen LogP contribution in [-0.2, 0) is 10.8 Å².